The Bertz CT molecular complexity index is 493. The van der Waals surface area contributed by atoms with E-state index in [2.05, 4.69) is 5.32 Å². The lowest BCUT2D eigenvalue weighted by atomic mass is 10.1. The van der Waals surface area contributed by atoms with E-state index in [1.165, 1.54) is 6.07 Å². The Morgan fingerprint density at radius 2 is 2.14 bits per heavy atom. The number of nitrogens with zero attached hydrogens (tertiary/aromatic N) is 2. The number of aliphatic hydroxyl groups excluding tert-OH is 1. The van der Waals surface area contributed by atoms with Gasteiger partial charge in [-0.3, -0.25) is 14.9 Å². The molecule has 2 N–H and O–H groups in total. The fraction of sp³-hybridized carbons (Fsp3) is 0.500. The Balaban J connectivity index is 2.59. The van der Waals surface area contributed by atoms with E-state index in [-0.39, 0.29) is 30.7 Å². The predicted molar refractivity (Wildman–Crippen MR) is 80.2 cm³/mol. The van der Waals surface area contributed by atoms with Crippen LogP contribution < -0.4 is 10.2 Å². The molecule has 0 bridgehead atoms. The number of amides is 1. The van der Waals surface area contributed by atoms with Crippen LogP contribution in [0.5, 0.6) is 0 Å². The first-order chi connectivity index (χ1) is 9.95. The van der Waals surface area contributed by atoms with Gasteiger partial charge in [-0.2, -0.15) is 0 Å². The SMILES string of the molecule is CC(CCO)CNC(=O)CN(C)c1ccccc1[N+](=O)[O-]. The maximum absolute atomic E-state index is 11.8. The van der Waals surface area contributed by atoms with Gasteiger partial charge in [0.25, 0.3) is 5.69 Å². The van der Waals surface area contributed by atoms with Crippen LogP contribution in [0.3, 0.4) is 0 Å². The lowest BCUT2D eigenvalue weighted by Gasteiger charge is -2.19. The van der Waals surface area contributed by atoms with Crippen molar-refractivity contribution in [1.29, 1.82) is 0 Å². The number of rotatable bonds is 8. The zero-order chi connectivity index (χ0) is 15.8. The number of aliphatic hydroxyl groups is 1. The van der Waals surface area contributed by atoms with Crippen LogP contribution in [-0.2, 0) is 4.79 Å². The molecule has 7 nitrogen and oxygen atoms in total. The number of carbonyl (C=O) groups is 1. The van der Waals surface area contributed by atoms with E-state index in [0.717, 1.165) is 0 Å². The molecule has 0 aliphatic carbocycles. The summed E-state index contributed by atoms with van der Waals surface area (Å²) in [6.45, 7) is 2.54. The molecule has 1 atom stereocenters. The number of hydrogen-bond acceptors (Lipinski definition) is 5. The van der Waals surface area contributed by atoms with E-state index in [4.69, 9.17) is 5.11 Å². The van der Waals surface area contributed by atoms with Crippen molar-refractivity contribution < 1.29 is 14.8 Å². The smallest absolute Gasteiger partial charge is 0.292 e. The van der Waals surface area contributed by atoms with Crippen LogP contribution in [0.4, 0.5) is 11.4 Å². The van der Waals surface area contributed by atoms with E-state index >= 15 is 0 Å². The number of anilines is 1. The van der Waals surface area contributed by atoms with Crippen LogP contribution in [0.25, 0.3) is 0 Å². The average Bonchev–Trinajstić information content (AvgIpc) is 2.45. The molecule has 0 fully saturated rings. The highest BCUT2D eigenvalue weighted by atomic mass is 16.6. The van der Waals surface area contributed by atoms with Gasteiger partial charge in [0, 0.05) is 26.3 Å². The second-order valence-electron chi connectivity index (χ2n) is 5.02. The number of benzene rings is 1. The largest absolute Gasteiger partial charge is 0.396 e. The molecule has 0 radical (unpaired) electrons. The second kappa shape index (κ2) is 8.21. The van der Waals surface area contributed by atoms with E-state index in [1.54, 1.807) is 30.1 Å². The zero-order valence-electron chi connectivity index (χ0n) is 12.3. The van der Waals surface area contributed by atoms with Gasteiger partial charge in [-0.05, 0) is 18.4 Å². The van der Waals surface area contributed by atoms with E-state index < -0.39 is 4.92 Å². The normalized spacial score (nSPS) is 11.8. The highest BCUT2D eigenvalue weighted by Crippen LogP contribution is 2.26. The number of carbonyl (C=O) groups excluding carboxylic acids is 1. The van der Waals surface area contributed by atoms with Crippen LogP contribution in [0.2, 0.25) is 0 Å². The molecule has 1 amide bonds. The van der Waals surface area contributed by atoms with Crippen molar-refractivity contribution in [2.75, 3.05) is 31.6 Å². The molecule has 1 unspecified atom stereocenters. The van der Waals surface area contributed by atoms with Crippen LogP contribution >= 0.6 is 0 Å². The fourth-order valence-corrected chi connectivity index (χ4v) is 1.91. The Hall–Kier alpha value is -2.15. The van der Waals surface area contributed by atoms with E-state index in [1.807, 2.05) is 6.92 Å². The number of nitro groups is 1. The molecule has 1 aromatic carbocycles. The lowest BCUT2D eigenvalue weighted by Crippen LogP contribution is -2.37. The minimum Gasteiger partial charge on any atom is -0.396 e. The highest BCUT2D eigenvalue weighted by Gasteiger charge is 2.17. The van der Waals surface area contributed by atoms with Gasteiger partial charge < -0.3 is 15.3 Å². The van der Waals surface area contributed by atoms with Gasteiger partial charge in [0.05, 0.1) is 11.5 Å². The number of para-hydroxylation sites is 2. The Kier molecular flexibility index (Phi) is 6.61. The number of likely N-dealkylation sites (N-methyl/N-ethyl adjacent to an activating group) is 1. The highest BCUT2D eigenvalue weighted by molar-refractivity contribution is 5.82. The number of hydrogen-bond donors (Lipinski definition) is 2. The van der Waals surface area contributed by atoms with Crippen molar-refractivity contribution in [2.45, 2.75) is 13.3 Å². The van der Waals surface area contributed by atoms with Gasteiger partial charge >= 0.3 is 0 Å². The summed E-state index contributed by atoms with van der Waals surface area (Å²) in [5, 5.41) is 22.5. The third-order valence-electron chi connectivity index (χ3n) is 3.14. The lowest BCUT2D eigenvalue weighted by molar-refractivity contribution is -0.384. The average molecular weight is 295 g/mol. The van der Waals surface area contributed by atoms with Crippen molar-refractivity contribution in [3.63, 3.8) is 0 Å². The molecule has 0 aliphatic rings. The van der Waals surface area contributed by atoms with Gasteiger partial charge in [0.15, 0.2) is 0 Å². The van der Waals surface area contributed by atoms with Crippen molar-refractivity contribution >= 4 is 17.3 Å². The van der Waals surface area contributed by atoms with Gasteiger partial charge in [0.1, 0.15) is 5.69 Å². The van der Waals surface area contributed by atoms with Crippen LogP contribution in [-0.4, -0.2) is 42.7 Å². The van der Waals surface area contributed by atoms with Crippen LogP contribution in [0.15, 0.2) is 24.3 Å². The summed E-state index contributed by atoms with van der Waals surface area (Å²) in [4.78, 5) is 23.9. The minimum absolute atomic E-state index is 0.0264. The molecular formula is C14H21N3O4. The summed E-state index contributed by atoms with van der Waals surface area (Å²) in [5.74, 6) is -0.0178. The quantitative estimate of drug-likeness (QED) is 0.554. The first kappa shape index (κ1) is 16.9. The summed E-state index contributed by atoms with van der Waals surface area (Å²) in [6, 6.07) is 6.30. The van der Waals surface area contributed by atoms with E-state index in [9.17, 15) is 14.9 Å². The molecule has 21 heavy (non-hydrogen) atoms. The van der Waals surface area contributed by atoms with Crippen LogP contribution in [0.1, 0.15) is 13.3 Å². The minimum atomic E-state index is -0.465. The zero-order valence-corrected chi connectivity index (χ0v) is 12.3. The summed E-state index contributed by atoms with van der Waals surface area (Å²) >= 11 is 0. The summed E-state index contributed by atoms with van der Waals surface area (Å²) < 4.78 is 0. The van der Waals surface area contributed by atoms with Crippen LogP contribution in [0, 0.1) is 16.0 Å². The fourth-order valence-electron chi connectivity index (χ4n) is 1.91. The van der Waals surface area contributed by atoms with Crippen molar-refractivity contribution in [3.05, 3.63) is 34.4 Å². The molecule has 0 saturated carbocycles. The van der Waals surface area contributed by atoms with Gasteiger partial charge in [-0.15, -0.1) is 0 Å². The molecule has 0 saturated heterocycles. The molecule has 1 rings (SSSR count). The molecule has 116 valence electrons. The summed E-state index contributed by atoms with van der Waals surface area (Å²) in [7, 11) is 1.64. The molecule has 0 spiro atoms. The molecule has 0 aromatic heterocycles. The molecule has 7 heteroatoms. The van der Waals surface area contributed by atoms with Crippen molar-refractivity contribution in [1.82, 2.24) is 5.32 Å². The molecule has 0 aliphatic heterocycles. The Labute approximate surface area is 123 Å². The third-order valence-corrected chi connectivity index (χ3v) is 3.14. The molecule has 0 heterocycles. The summed E-state index contributed by atoms with van der Waals surface area (Å²) in [5.41, 5.74) is 0.377. The Morgan fingerprint density at radius 1 is 1.48 bits per heavy atom. The summed E-state index contributed by atoms with van der Waals surface area (Å²) in [6.07, 6.45) is 0.625. The van der Waals surface area contributed by atoms with E-state index in [0.29, 0.717) is 18.7 Å². The maximum atomic E-state index is 11.8. The van der Waals surface area contributed by atoms with Crippen molar-refractivity contribution in [3.8, 4) is 0 Å². The molecule has 1 aromatic rings. The number of nitro benzene ring substituents is 1. The van der Waals surface area contributed by atoms with Gasteiger partial charge in [-0.25, -0.2) is 0 Å². The predicted octanol–water partition coefficient (Wildman–Crippen LogP) is 1.17. The third kappa shape index (κ3) is 5.39. The second-order valence-corrected chi connectivity index (χ2v) is 5.02. The van der Waals surface area contributed by atoms with Gasteiger partial charge in [0.2, 0.25) is 5.91 Å². The topological polar surface area (TPSA) is 95.7 Å². The van der Waals surface area contributed by atoms with Crippen molar-refractivity contribution in [2.24, 2.45) is 5.92 Å². The standard InChI is InChI=1S/C14H21N3O4/c1-11(7-8-18)9-15-14(19)10-16(2)12-5-3-4-6-13(12)17(20)21/h3-6,11,18H,7-10H2,1-2H3,(H,15,19). The van der Waals surface area contributed by atoms with Gasteiger partial charge in [-0.1, -0.05) is 19.1 Å². The Morgan fingerprint density at radius 3 is 2.76 bits per heavy atom. The number of nitrogens with one attached hydrogen (secondary N) is 1. The first-order valence-corrected chi connectivity index (χ1v) is 6.77. The monoisotopic (exact) mass is 295 g/mol. The first-order valence-electron chi connectivity index (χ1n) is 6.77. The maximum Gasteiger partial charge on any atom is 0.292 e. The molecular weight excluding hydrogens is 274 g/mol.